The Morgan fingerprint density at radius 2 is 2.09 bits per heavy atom. The van der Waals surface area contributed by atoms with Crippen LogP contribution in [-0.2, 0) is 4.79 Å². The Hall–Kier alpha value is -3.20. The number of halogens is 1. The summed E-state index contributed by atoms with van der Waals surface area (Å²) in [4.78, 5) is 11.5. The molecule has 0 saturated heterocycles. The molecule has 0 radical (unpaired) electrons. The smallest absolute Gasteiger partial charge is 0.277 e. The van der Waals surface area contributed by atoms with Crippen molar-refractivity contribution < 1.29 is 13.9 Å². The van der Waals surface area contributed by atoms with Gasteiger partial charge in [-0.3, -0.25) is 4.79 Å². The Kier molecular flexibility index (Phi) is 5.21. The van der Waals surface area contributed by atoms with Crippen molar-refractivity contribution >= 4 is 12.1 Å². The lowest BCUT2D eigenvalue weighted by atomic mass is 10.2. The Balaban J connectivity index is 1.79. The summed E-state index contributed by atoms with van der Waals surface area (Å²) in [5.41, 5.74) is 3.58. The minimum Gasteiger partial charge on any atom is -0.484 e. The van der Waals surface area contributed by atoms with Gasteiger partial charge in [-0.05, 0) is 29.8 Å². The summed E-state index contributed by atoms with van der Waals surface area (Å²) in [6, 6.07) is 14.2. The van der Waals surface area contributed by atoms with Crippen molar-refractivity contribution in [1.82, 2.24) is 5.43 Å². The van der Waals surface area contributed by atoms with E-state index in [0.717, 1.165) is 5.56 Å². The molecular weight excluding hydrogens is 285 g/mol. The lowest BCUT2D eigenvalue weighted by molar-refractivity contribution is -0.123. The number of hydrazone groups is 1. The fourth-order valence-corrected chi connectivity index (χ4v) is 1.56. The number of rotatable bonds is 5. The largest absolute Gasteiger partial charge is 0.484 e. The molecule has 0 aromatic heterocycles. The number of nitrogens with one attached hydrogen (secondary N) is 1. The van der Waals surface area contributed by atoms with Crippen LogP contribution in [0.15, 0.2) is 53.6 Å². The molecule has 0 bridgehead atoms. The summed E-state index contributed by atoms with van der Waals surface area (Å²) >= 11 is 0. The Bertz CT molecular complexity index is 721. The average Bonchev–Trinajstić information content (AvgIpc) is 2.54. The third-order valence-electron chi connectivity index (χ3n) is 2.61. The predicted molar refractivity (Wildman–Crippen MR) is 78.8 cm³/mol. The molecule has 0 aliphatic heterocycles. The number of amides is 1. The van der Waals surface area contributed by atoms with Gasteiger partial charge in [-0.15, -0.1) is 0 Å². The molecule has 0 atom stereocenters. The number of nitrogens with zero attached hydrogens (tertiary/aromatic N) is 2. The van der Waals surface area contributed by atoms with Crippen molar-refractivity contribution in [2.75, 3.05) is 6.61 Å². The molecule has 0 heterocycles. The maximum absolute atomic E-state index is 12.9. The van der Waals surface area contributed by atoms with Crippen LogP contribution in [0.4, 0.5) is 4.39 Å². The molecule has 6 heteroatoms. The van der Waals surface area contributed by atoms with Gasteiger partial charge >= 0.3 is 0 Å². The van der Waals surface area contributed by atoms with Crippen LogP contribution in [0.3, 0.4) is 0 Å². The minimum absolute atomic E-state index is 0.270. The van der Waals surface area contributed by atoms with Gasteiger partial charge in [-0.1, -0.05) is 18.2 Å². The number of benzene rings is 2. The Morgan fingerprint density at radius 1 is 1.32 bits per heavy atom. The number of carbonyl (C=O) groups excluding carboxylic acids is 1. The summed E-state index contributed by atoms with van der Waals surface area (Å²) < 4.78 is 18.0. The lowest BCUT2D eigenvalue weighted by Gasteiger charge is -2.04. The lowest BCUT2D eigenvalue weighted by Crippen LogP contribution is -2.24. The van der Waals surface area contributed by atoms with Crippen molar-refractivity contribution in [1.29, 1.82) is 5.26 Å². The standard InChI is InChI=1S/C16H12FN3O2/c17-14-2-1-3-15(8-14)22-11-16(21)20-19-10-13-6-4-12(9-18)5-7-13/h1-8,10H,11H2,(H,20,21)/b19-10-. The minimum atomic E-state index is -0.464. The second-order valence-electron chi connectivity index (χ2n) is 4.27. The van der Waals surface area contributed by atoms with Crippen LogP contribution in [0.2, 0.25) is 0 Å². The van der Waals surface area contributed by atoms with E-state index in [-0.39, 0.29) is 12.4 Å². The Labute approximate surface area is 126 Å². The van der Waals surface area contributed by atoms with Gasteiger partial charge in [0.05, 0.1) is 17.8 Å². The first-order chi connectivity index (χ1) is 10.7. The Morgan fingerprint density at radius 3 is 2.77 bits per heavy atom. The topological polar surface area (TPSA) is 74.5 Å². The number of nitriles is 1. The van der Waals surface area contributed by atoms with Crippen LogP contribution >= 0.6 is 0 Å². The SMILES string of the molecule is N#Cc1ccc(/C=N\NC(=O)COc2cccc(F)c2)cc1. The zero-order chi connectivity index (χ0) is 15.8. The number of hydrogen-bond acceptors (Lipinski definition) is 4. The molecule has 2 aromatic rings. The molecule has 5 nitrogen and oxygen atoms in total. The van der Waals surface area contributed by atoms with E-state index in [1.54, 1.807) is 30.3 Å². The fraction of sp³-hybridized carbons (Fsp3) is 0.0625. The third-order valence-corrected chi connectivity index (χ3v) is 2.61. The third kappa shape index (κ3) is 4.72. The van der Waals surface area contributed by atoms with Gasteiger partial charge in [-0.25, -0.2) is 9.82 Å². The second-order valence-corrected chi connectivity index (χ2v) is 4.27. The highest BCUT2D eigenvalue weighted by molar-refractivity contribution is 5.83. The van der Waals surface area contributed by atoms with Crippen LogP contribution in [0, 0.1) is 17.1 Å². The van der Waals surface area contributed by atoms with Gasteiger partial charge in [0.25, 0.3) is 5.91 Å². The van der Waals surface area contributed by atoms with Gasteiger partial charge < -0.3 is 4.74 Å². The van der Waals surface area contributed by atoms with Crippen molar-refractivity contribution in [2.24, 2.45) is 5.10 Å². The average molecular weight is 297 g/mol. The molecule has 1 amide bonds. The van der Waals surface area contributed by atoms with Crippen molar-refractivity contribution in [3.8, 4) is 11.8 Å². The maximum Gasteiger partial charge on any atom is 0.277 e. The van der Waals surface area contributed by atoms with Crippen molar-refractivity contribution in [3.05, 3.63) is 65.5 Å². The van der Waals surface area contributed by atoms with Crippen molar-refractivity contribution in [2.45, 2.75) is 0 Å². The van der Waals surface area contributed by atoms with E-state index in [2.05, 4.69) is 10.5 Å². The summed E-state index contributed by atoms with van der Waals surface area (Å²) in [5, 5.41) is 12.4. The maximum atomic E-state index is 12.9. The molecule has 2 rings (SSSR count). The normalized spacial score (nSPS) is 10.2. The number of carbonyl (C=O) groups is 1. The zero-order valence-electron chi connectivity index (χ0n) is 11.5. The van der Waals surface area contributed by atoms with Crippen LogP contribution in [0.25, 0.3) is 0 Å². The molecule has 0 spiro atoms. The van der Waals surface area contributed by atoms with Gasteiger partial charge in [0, 0.05) is 6.07 Å². The fourth-order valence-electron chi connectivity index (χ4n) is 1.56. The van der Waals surface area contributed by atoms with E-state index < -0.39 is 11.7 Å². The first kappa shape index (κ1) is 15.2. The molecule has 0 saturated carbocycles. The predicted octanol–water partition coefficient (Wildman–Crippen LogP) is 2.23. The van der Waals surface area contributed by atoms with E-state index in [1.165, 1.54) is 24.4 Å². The van der Waals surface area contributed by atoms with E-state index in [9.17, 15) is 9.18 Å². The molecule has 0 aliphatic rings. The highest BCUT2D eigenvalue weighted by atomic mass is 19.1. The van der Waals surface area contributed by atoms with Crippen LogP contribution < -0.4 is 10.2 Å². The van der Waals surface area contributed by atoms with Crippen molar-refractivity contribution in [3.63, 3.8) is 0 Å². The molecule has 2 aromatic carbocycles. The van der Waals surface area contributed by atoms with Gasteiger partial charge in [0.1, 0.15) is 11.6 Å². The monoisotopic (exact) mass is 297 g/mol. The molecule has 0 fully saturated rings. The van der Waals surface area contributed by atoms with E-state index in [1.807, 2.05) is 6.07 Å². The molecular formula is C16H12FN3O2. The molecule has 110 valence electrons. The quantitative estimate of drug-likeness (QED) is 0.679. The first-order valence-electron chi connectivity index (χ1n) is 6.38. The molecule has 0 aliphatic carbocycles. The highest BCUT2D eigenvalue weighted by Gasteiger charge is 2.02. The second kappa shape index (κ2) is 7.55. The first-order valence-corrected chi connectivity index (χ1v) is 6.38. The summed E-state index contributed by atoms with van der Waals surface area (Å²) in [7, 11) is 0. The summed E-state index contributed by atoms with van der Waals surface area (Å²) in [5.74, 6) is -0.628. The molecule has 1 N–H and O–H groups in total. The number of hydrogen-bond donors (Lipinski definition) is 1. The molecule has 22 heavy (non-hydrogen) atoms. The van der Waals surface area contributed by atoms with Gasteiger partial charge in [-0.2, -0.15) is 10.4 Å². The summed E-state index contributed by atoms with van der Waals surface area (Å²) in [6.07, 6.45) is 1.45. The summed E-state index contributed by atoms with van der Waals surface area (Å²) in [6.45, 7) is -0.270. The van der Waals surface area contributed by atoms with Crippen LogP contribution in [0.1, 0.15) is 11.1 Å². The zero-order valence-corrected chi connectivity index (χ0v) is 11.5. The van der Waals surface area contributed by atoms with E-state index >= 15 is 0 Å². The molecule has 0 unspecified atom stereocenters. The van der Waals surface area contributed by atoms with Crippen LogP contribution in [-0.4, -0.2) is 18.7 Å². The highest BCUT2D eigenvalue weighted by Crippen LogP contribution is 2.11. The number of ether oxygens (including phenoxy) is 1. The van der Waals surface area contributed by atoms with Gasteiger partial charge in [0.15, 0.2) is 6.61 Å². The van der Waals surface area contributed by atoms with E-state index in [4.69, 9.17) is 10.00 Å². The van der Waals surface area contributed by atoms with Gasteiger partial charge in [0.2, 0.25) is 0 Å². The van der Waals surface area contributed by atoms with E-state index in [0.29, 0.717) is 5.56 Å². The van der Waals surface area contributed by atoms with Crippen LogP contribution in [0.5, 0.6) is 5.75 Å².